The average Bonchev–Trinajstić information content (AvgIpc) is 3.45. The number of rotatable bonds is 7. The topological polar surface area (TPSA) is 58.5 Å². The molecule has 0 spiro atoms. The van der Waals surface area contributed by atoms with Crippen LogP contribution in [-0.2, 0) is 13.1 Å². The molecule has 2 N–H and O–H groups in total. The van der Waals surface area contributed by atoms with E-state index in [4.69, 9.17) is 4.74 Å². The Balaban J connectivity index is 1.44. The summed E-state index contributed by atoms with van der Waals surface area (Å²) in [6, 6.07) is 12.4. The van der Waals surface area contributed by atoms with Gasteiger partial charge in [0, 0.05) is 32.4 Å². The number of aryl methyl sites for hydroxylation is 1. The third-order valence-electron chi connectivity index (χ3n) is 4.19. The first-order valence-corrected chi connectivity index (χ1v) is 8.81. The summed E-state index contributed by atoms with van der Waals surface area (Å²) in [6.07, 6.45) is 4.43. The Kier molecular flexibility index (Phi) is 5.88. The smallest absolute Gasteiger partial charge is 0.213 e. The summed E-state index contributed by atoms with van der Waals surface area (Å²) in [7, 11) is 1.78. The van der Waals surface area contributed by atoms with Crippen LogP contribution in [0.2, 0.25) is 0 Å². The molecule has 132 valence electrons. The lowest BCUT2D eigenvalue weighted by molar-refractivity contribution is 0.288. The fraction of sp³-hybridized carbons (Fsp3) is 0.400. The van der Waals surface area contributed by atoms with E-state index in [-0.39, 0.29) is 0 Å². The van der Waals surface area contributed by atoms with Crippen LogP contribution in [0.5, 0.6) is 5.88 Å². The Bertz CT molecular complexity index is 708. The summed E-state index contributed by atoms with van der Waals surface area (Å²) in [5.41, 5.74) is 3.59. The van der Waals surface area contributed by atoms with E-state index in [2.05, 4.69) is 51.8 Å². The van der Waals surface area contributed by atoms with Crippen LogP contribution < -0.4 is 15.4 Å². The molecule has 1 aromatic carbocycles. The van der Waals surface area contributed by atoms with Crippen molar-refractivity contribution in [2.45, 2.75) is 32.9 Å². The molecular weight excluding hydrogens is 312 g/mol. The van der Waals surface area contributed by atoms with Crippen molar-refractivity contribution >= 4 is 5.96 Å². The van der Waals surface area contributed by atoms with Gasteiger partial charge in [0.2, 0.25) is 5.88 Å². The number of pyridine rings is 1. The minimum absolute atomic E-state index is 0.670. The molecular formula is C20H26N4O. The number of aromatic nitrogens is 1. The van der Waals surface area contributed by atoms with Gasteiger partial charge in [0.1, 0.15) is 0 Å². The molecule has 0 aliphatic heterocycles. The molecule has 25 heavy (non-hydrogen) atoms. The molecule has 1 aliphatic rings. The largest absolute Gasteiger partial charge is 0.477 e. The number of ether oxygens (including phenoxy) is 1. The molecule has 1 aliphatic carbocycles. The molecule has 1 heterocycles. The van der Waals surface area contributed by atoms with Crippen molar-refractivity contribution in [1.29, 1.82) is 0 Å². The second-order valence-corrected chi connectivity index (χ2v) is 6.53. The van der Waals surface area contributed by atoms with E-state index < -0.39 is 0 Å². The Labute approximate surface area is 149 Å². The van der Waals surface area contributed by atoms with E-state index in [1.165, 1.54) is 24.0 Å². The summed E-state index contributed by atoms with van der Waals surface area (Å²) in [4.78, 5) is 8.63. The number of aliphatic imine (C=N–C) groups is 1. The number of hydrogen-bond acceptors (Lipinski definition) is 3. The van der Waals surface area contributed by atoms with Gasteiger partial charge >= 0.3 is 0 Å². The van der Waals surface area contributed by atoms with E-state index in [1.807, 2.05) is 18.3 Å². The Morgan fingerprint density at radius 3 is 2.60 bits per heavy atom. The van der Waals surface area contributed by atoms with Crippen molar-refractivity contribution in [2.75, 3.05) is 13.7 Å². The maximum Gasteiger partial charge on any atom is 0.213 e. The molecule has 1 fully saturated rings. The molecule has 0 saturated heterocycles. The highest BCUT2D eigenvalue weighted by molar-refractivity contribution is 5.79. The lowest BCUT2D eigenvalue weighted by atomic mass is 10.1. The van der Waals surface area contributed by atoms with Crippen LogP contribution in [0, 0.1) is 12.8 Å². The van der Waals surface area contributed by atoms with Gasteiger partial charge < -0.3 is 15.4 Å². The maximum absolute atomic E-state index is 5.66. The van der Waals surface area contributed by atoms with E-state index in [0.29, 0.717) is 12.4 Å². The van der Waals surface area contributed by atoms with Crippen molar-refractivity contribution in [2.24, 2.45) is 10.9 Å². The lowest BCUT2D eigenvalue weighted by Gasteiger charge is -2.12. The van der Waals surface area contributed by atoms with Crippen LogP contribution in [-0.4, -0.2) is 24.6 Å². The highest BCUT2D eigenvalue weighted by Gasteiger charge is 2.21. The third kappa shape index (κ3) is 5.78. The quantitative estimate of drug-likeness (QED) is 0.602. The highest BCUT2D eigenvalue weighted by Crippen LogP contribution is 2.29. The number of guanidine groups is 1. The predicted molar refractivity (Wildman–Crippen MR) is 101 cm³/mol. The lowest BCUT2D eigenvalue weighted by Crippen LogP contribution is -2.36. The van der Waals surface area contributed by atoms with Crippen LogP contribution in [0.4, 0.5) is 0 Å². The second-order valence-electron chi connectivity index (χ2n) is 6.53. The number of nitrogens with one attached hydrogen (secondary N) is 2. The highest BCUT2D eigenvalue weighted by atomic mass is 16.5. The fourth-order valence-electron chi connectivity index (χ4n) is 2.50. The van der Waals surface area contributed by atoms with Gasteiger partial charge in [-0.2, -0.15) is 0 Å². The van der Waals surface area contributed by atoms with E-state index >= 15 is 0 Å². The van der Waals surface area contributed by atoms with Gasteiger partial charge in [-0.05, 0) is 36.8 Å². The van der Waals surface area contributed by atoms with Gasteiger partial charge in [-0.3, -0.25) is 4.99 Å². The Hall–Kier alpha value is -2.56. The normalized spacial score (nSPS) is 14.2. The third-order valence-corrected chi connectivity index (χ3v) is 4.19. The number of hydrogen-bond donors (Lipinski definition) is 2. The molecule has 5 heteroatoms. The van der Waals surface area contributed by atoms with Crippen molar-refractivity contribution in [3.05, 3.63) is 59.3 Å². The van der Waals surface area contributed by atoms with Crippen LogP contribution in [0.1, 0.15) is 29.5 Å². The van der Waals surface area contributed by atoms with E-state index in [1.54, 1.807) is 7.05 Å². The van der Waals surface area contributed by atoms with Gasteiger partial charge in [0.25, 0.3) is 0 Å². The van der Waals surface area contributed by atoms with Crippen molar-refractivity contribution in [1.82, 2.24) is 15.6 Å². The molecule has 3 rings (SSSR count). The minimum atomic E-state index is 0.670. The summed E-state index contributed by atoms with van der Waals surface area (Å²) >= 11 is 0. The average molecular weight is 338 g/mol. The first-order valence-electron chi connectivity index (χ1n) is 8.81. The van der Waals surface area contributed by atoms with E-state index in [0.717, 1.165) is 30.6 Å². The minimum Gasteiger partial charge on any atom is -0.477 e. The van der Waals surface area contributed by atoms with Crippen LogP contribution >= 0.6 is 0 Å². The number of benzene rings is 1. The molecule has 0 radical (unpaired) electrons. The SMILES string of the molecule is CN=C(NCc1ccc(OCC2CC2)nc1)NCc1cccc(C)c1. The molecule has 5 nitrogen and oxygen atoms in total. The predicted octanol–water partition coefficient (Wildman–Crippen LogP) is 3.04. The molecule has 0 amide bonds. The Morgan fingerprint density at radius 1 is 1.16 bits per heavy atom. The van der Waals surface area contributed by atoms with E-state index in [9.17, 15) is 0 Å². The summed E-state index contributed by atoms with van der Waals surface area (Å²) in [5.74, 6) is 2.22. The molecule has 0 atom stereocenters. The second kappa shape index (κ2) is 8.51. The van der Waals surface area contributed by atoms with Crippen LogP contribution in [0.3, 0.4) is 0 Å². The van der Waals surface area contributed by atoms with Gasteiger partial charge in [-0.1, -0.05) is 35.9 Å². The zero-order chi connectivity index (χ0) is 17.5. The zero-order valence-corrected chi connectivity index (χ0v) is 15.0. The summed E-state index contributed by atoms with van der Waals surface area (Å²) < 4.78 is 5.66. The van der Waals surface area contributed by atoms with Crippen LogP contribution in [0.15, 0.2) is 47.6 Å². The number of nitrogens with zero attached hydrogens (tertiary/aromatic N) is 2. The maximum atomic E-state index is 5.66. The first kappa shape index (κ1) is 17.3. The molecule has 1 saturated carbocycles. The molecule has 0 bridgehead atoms. The molecule has 0 unspecified atom stereocenters. The summed E-state index contributed by atoms with van der Waals surface area (Å²) in [5, 5.41) is 6.64. The van der Waals surface area contributed by atoms with Gasteiger partial charge in [-0.25, -0.2) is 4.98 Å². The first-order chi connectivity index (χ1) is 12.2. The standard InChI is InChI=1S/C20H26N4O/c1-15-4-3-5-17(10-15)11-23-20(21-2)24-13-18-8-9-19(22-12-18)25-14-16-6-7-16/h3-5,8-10,12,16H,6-7,11,13-14H2,1-2H3,(H2,21,23,24). The zero-order valence-electron chi connectivity index (χ0n) is 15.0. The van der Waals surface area contributed by atoms with Crippen LogP contribution in [0.25, 0.3) is 0 Å². The Morgan fingerprint density at radius 2 is 1.96 bits per heavy atom. The fourth-order valence-corrected chi connectivity index (χ4v) is 2.50. The van der Waals surface area contributed by atoms with Gasteiger partial charge in [0.15, 0.2) is 5.96 Å². The molecule has 1 aromatic heterocycles. The van der Waals surface area contributed by atoms with Crippen molar-refractivity contribution in [3.8, 4) is 5.88 Å². The van der Waals surface area contributed by atoms with Crippen molar-refractivity contribution in [3.63, 3.8) is 0 Å². The van der Waals surface area contributed by atoms with Gasteiger partial charge in [0.05, 0.1) is 6.61 Å². The monoisotopic (exact) mass is 338 g/mol. The molecule has 2 aromatic rings. The van der Waals surface area contributed by atoms with Crippen molar-refractivity contribution < 1.29 is 4.74 Å². The summed E-state index contributed by atoms with van der Waals surface area (Å²) in [6.45, 7) is 4.30. The van der Waals surface area contributed by atoms with Gasteiger partial charge in [-0.15, -0.1) is 0 Å².